The Kier molecular flexibility index (Phi) is 3.13. The zero-order chi connectivity index (χ0) is 14.2. The van der Waals surface area contributed by atoms with Crippen molar-refractivity contribution in [2.24, 2.45) is 0 Å². The molecule has 1 atom stereocenters. The van der Waals surface area contributed by atoms with Crippen LogP contribution in [0.1, 0.15) is 37.1 Å². The van der Waals surface area contributed by atoms with Crippen molar-refractivity contribution in [2.75, 3.05) is 0 Å². The minimum absolute atomic E-state index is 0.0701. The third-order valence-corrected chi connectivity index (χ3v) is 4.51. The maximum absolute atomic E-state index is 3.39. The summed E-state index contributed by atoms with van der Waals surface area (Å²) in [7, 11) is 0. The molecule has 0 fully saturated rings. The van der Waals surface area contributed by atoms with E-state index in [1.807, 2.05) is 0 Å². The Balaban J connectivity index is 2.15. The smallest absolute Gasteiger partial charge is 0.0456 e. The van der Waals surface area contributed by atoms with Crippen LogP contribution in [0.3, 0.4) is 0 Å². The van der Waals surface area contributed by atoms with Gasteiger partial charge in [-0.1, -0.05) is 50.2 Å². The average molecular weight is 263 g/mol. The molecule has 0 spiro atoms. The number of benzene rings is 2. The zero-order valence-electron chi connectivity index (χ0n) is 12.4. The minimum atomic E-state index is 0.0701. The number of H-pyrrole nitrogens is 1. The largest absolute Gasteiger partial charge is 0.359 e. The van der Waals surface area contributed by atoms with Gasteiger partial charge in [0.15, 0.2) is 0 Å². The summed E-state index contributed by atoms with van der Waals surface area (Å²) in [5, 5.41) is 1.30. The molecule has 0 saturated carbocycles. The zero-order valence-corrected chi connectivity index (χ0v) is 12.4. The lowest BCUT2D eigenvalue weighted by molar-refractivity contribution is 0.550. The predicted molar refractivity (Wildman–Crippen MR) is 86.2 cm³/mol. The molecule has 1 N–H and O–H groups in total. The first kappa shape index (κ1) is 13.0. The number of aryl methyl sites for hydroxylation is 1. The molecule has 1 heteroatoms. The van der Waals surface area contributed by atoms with Crippen LogP contribution >= 0.6 is 0 Å². The van der Waals surface area contributed by atoms with E-state index in [1.165, 1.54) is 27.7 Å². The van der Waals surface area contributed by atoms with Crippen LogP contribution in [0.2, 0.25) is 0 Å². The highest BCUT2D eigenvalue weighted by molar-refractivity contribution is 5.81. The number of hydrogen-bond donors (Lipinski definition) is 1. The minimum Gasteiger partial charge on any atom is -0.359 e. The van der Waals surface area contributed by atoms with Crippen molar-refractivity contribution in [2.45, 2.75) is 32.6 Å². The molecular formula is C19H21N. The molecule has 0 saturated heterocycles. The highest BCUT2D eigenvalue weighted by atomic mass is 14.7. The highest BCUT2D eigenvalue weighted by Crippen LogP contribution is 2.36. The highest BCUT2D eigenvalue weighted by Gasteiger charge is 2.26. The summed E-state index contributed by atoms with van der Waals surface area (Å²) in [6.07, 6.45) is 1.09. The summed E-state index contributed by atoms with van der Waals surface area (Å²) in [4.78, 5) is 3.39. The van der Waals surface area contributed by atoms with E-state index >= 15 is 0 Å². The molecule has 3 aromatic rings. The van der Waals surface area contributed by atoms with Crippen LogP contribution in [0.4, 0.5) is 0 Å². The van der Waals surface area contributed by atoms with E-state index in [4.69, 9.17) is 0 Å². The van der Waals surface area contributed by atoms with Gasteiger partial charge in [0, 0.05) is 16.6 Å². The van der Waals surface area contributed by atoms with Crippen molar-refractivity contribution >= 4 is 10.9 Å². The molecule has 2 aromatic carbocycles. The van der Waals surface area contributed by atoms with Gasteiger partial charge < -0.3 is 4.98 Å². The quantitative estimate of drug-likeness (QED) is 0.669. The summed E-state index contributed by atoms with van der Waals surface area (Å²) in [5.74, 6) is 0. The van der Waals surface area contributed by atoms with E-state index in [0.717, 1.165) is 6.42 Å². The van der Waals surface area contributed by atoms with Crippen molar-refractivity contribution in [1.82, 2.24) is 4.98 Å². The van der Waals surface area contributed by atoms with Gasteiger partial charge in [-0.05, 0) is 48.1 Å². The lowest BCUT2D eigenvalue weighted by atomic mass is 9.74. The van der Waals surface area contributed by atoms with Crippen LogP contribution in [0.15, 0.2) is 54.6 Å². The molecule has 20 heavy (non-hydrogen) atoms. The fraction of sp³-hybridized carbons (Fsp3) is 0.263. The topological polar surface area (TPSA) is 15.8 Å². The van der Waals surface area contributed by atoms with Gasteiger partial charge in [0.25, 0.3) is 0 Å². The SMILES string of the molecule is CCC(C)(c1ccccc1)c1ccc2[nH]c(C)cc2c1. The van der Waals surface area contributed by atoms with Crippen molar-refractivity contribution in [3.05, 3.63) is 71.4 Å². The van der Waals surface area contributed by atoms with E-state index < -0.39 is 0 Å². The fourth-order valence-corrected chi connectivity index (χ4v) is 3.00. The summed E-state index contributed by atoms with van der Waals surface area (Å²) >= 11 is 0. The van der Waals surface area contributed by atoms with Crippen LogP contribution in [-0.4, -0.2) is 4.98 Å². The van der Waals surface area contributed by atoms with Gasteiger partial charge in [-0.15, -0.1) is 0 Å². The number of aromatic nitrogens is 1. The Morgan fingerprint density at radius 3 is 2.40 bits per heavy atom. The molecule has 0 aliphatic rings. The third kappa shape index (κ3) is 2.03. The second-order valence-corrected chi connectivity index (χ2v) is 5.81. The molecule has 1 nitrogen and oxygen atoms in total. The number of aromatic amines is 1. The van der Waals surface area contributed by atoms with Gasteiger partial charge in [0.1, 0.15) is 0 Å². The summed E-state index contributed by atoms with van der Waals surface area (Å²) < 4.78 is 0. The first-order valence-corrected chi connectivity index (χ1v) is 7.29. The second kappa shape index (κ2) is 4.82. The van der Waals surface area contributed by atoms with Gasteiger partial charge in [-0.25, -0.2) is 0 Å². The van der Waals surface area contributed by atoms with E-state index in [9.17, 15) is 0 Å². The van der Waals surface area contributed by atoms with E-state index in [1.54, 1.807) is 0 Å². The molecule has 0 radical (unpaired) electrons. The monoisotopic (exact) mass is 263 g/mol. The third-order valence-electron chi connectivity index (χ3n) is 4.51. The number of rotatable bonds is 3. The average Bonchev–Trinajstić information content (AvgIpc) is 2.86. The molecule has 0 amide bonds. The van der Waals surface area contributed by atoms with Crippen LogP contribution in [0.25, 0.3) is 10.9 Å². The summed E-state index contributed by atoms with van der Waals surface area (Å²) in [5.41, 5.74) is 5.28. The Morgan fingerprint density at radius 1 is 0.950 bits per heavy atom. The van der Waals surface area contributed by atoms with E-state index in [-0.39, 0.29) is 5.41 Å². The standard InChI is InChI=1S/C19H21N/c1-4-19(3,16-8-6-5-7-9-16)17-10-11-18-15(13-17)12-14(2)20-18/h5-13,20H,4H2,1-3H3. The summed E-state index contributed by atoms with van der Waals surface area (Å²) in [6.45, 7) is 6.71. The van der Waals surface area contributed by atoms with Crippen molar-refractivity contribution in [3.63, 3.8) is 0 Å². The first-order chi connectivity index (χ1) is 9.63. The number of nitrogens with one attached hydrogen (secondary N) is 1. The Labute approximate surface area is 120 Å². The van der Waals surface area contributed by atoms with Crippen LogP contribution in [0, 0.1) is 6.92 Å². The van der Waals surface area contributed by atoms with E-state index in [2.05, 4.69) is 80.4 Å². The Morgan fingerprint density at radius 2 is 1.70 bits per heavy atom. The van der Waals surface area contributed by atoms with Crippen LogP contribution in [-0.2, 0) is 5.41 Å². The van der Waals surface area contributed by atoms with Crippen molar-refractivity contribution in [3.8, 4) is 0 Å². The van der Waals surface area contributed by atoms with Gasteiger partial charge >= 0.3 is 0 Å². The van der Waals surface area contributed by atoms with Crippen LogP contribution in [0.5, 0.6) is 0 Å². The molecule has 0 aliphatic heterocycles. The van der Waals surface area contributed by atoms with Gasteiger partial charge in [0.2, 0.25) is 0 Å². The maximum atomic E-state index is 3.39. The van der Waals surface area contributed by atoms with Crippen LogP contribution < -0.4 is 0 Å². The molecular weight excluding hydrogens is 242 g/mol. The van der Waals surface area contributed by atoms with Crippen molar-refractivity contribution in [1.29, 1.82) is 0 Å². The normalized spacial score (nSPS) is 14.3. The lowest BCUT2D eigenvalue weighted by Crippen LogP contribution is -2.22. The van der Waals surface area contributed by atoms with Gasteiger partial charge in [-0.2, -0.15) is 0 Å². The second-order valence-electron chi connectivity index (χ2n) is 5.81. The molecule has 102 valence electrons. The number of hydrogen-bond acceptors (Lipinski definition) is 0. The van der Waals surface area contributed by atoms with E-state index in [0.29, 0.717) is 0 Å². The molecule has 3 rings (SSSR count). The Bertz CT molecular complexity index is 724. The molecule has 1 heterocycles. The first-order valence-electron chi connectivity index (χ1n) is 7.29. The van der Waals surface area contributed by atoms with Gasteiger partial charge in [-0.3, -0.25) is 0 Å². The van der Waals surface area contributed by atoms with Crippen molar-refractivity contribution < 1.29 is 0 Å². The maximum Gasteiger partial charge on any atom is 0.0456 e. The lowest BCUT2D eigenvalue weighted by Gasteiger charge is -2.29. The Hall–Kier alpha value is -2.02. The molecule has 1 aromatic heterocycles. The predicted octanol–water partition coefficient (Wildman–Crippen LogP) is 5.19. The summed E-state index contributed by atoms with van der Waals surface area (Å²) in [6, 6.07) is 19.8. The number of fused-ring (bicyclic) bond motifs is 1. The molecule has 0 bridgehead atoms. The molecule has 0 aliphatic carbocycles. The fourth-order valence-electron chi connectivity index (χ4n) is 3.00. The van der Waals surface area contributed by atoms with Gasteiger partial charge in [0.05, 0.1) is 0 Å². The molecule has 1 unspecified atom stereocenters.